The zero-order chi connectivity index (χ0) is 14.8. The van der Waals surface area contributed by atoms with E-state index in [4.69, 9.17) is 0 Å². The molecule has 0 saturated carbocycles. The third-order valence-corrected chi connectivity index (χ3v) is 4.38. The molecule has 0 radical (unpaired) electrons. The number of hydrogen-bond acceptors (Lipinski definition) is 3. The van der Waals surface area contributed by atoms with Gasteiger partial charge < -0.3 is 4.55 Å². The fraction of sp³-hybridized carbons (Fsp3) is 0.375. The predicted molar refractivity (Wildman–Crippen MR) is 79.9 cm³/mol. The van der Waals surface area contributed by atoms with Gasteiger partial charge in [0, 0.05) is 5.39 Å². The van der Waals surface area contributed by atoms with E-state index in [0.717, 1.165) is 42.2 Å². The molecule has 0 aliphatic carbocycles. The van der Waals surface area contributed by atoms with E-state index in [0.29, 0.717) is 5.39 Å². The molecule has 0 unspecified atom stereocenters. The van der Waals surface area contributed by atoms with Crippen molar-refractivity contribution in [1.29, 1.82) is 0 Å². The van der Waals surface area contributed by atoms with Gasteiger partial charge in [-0.2, -0.15) is 0 Å². The van der Waals surface area contributed by atoms with Crippen molar-refractivity contribution in [2.45, 2.75) is 44.4 Å². The molecule has 21 heavy (non-hydrogen) atoms. The second-order valence-electron chi connectivity index (χ2n) is 5.01. The first kappa shape index (κ1) is 18.7. The Morgan fingerprint density at radius 1 is 1.00 bits per heavy atom. The van der Waals surface area contributed by atoms with Gasteiger partial charge in [0.2, 0.25) is 0 Å². The summed E-state index contributed by atoms with van der Waals surface area (Å²) in [5.74, 6) is 0. The Morgan fingerprint density at radius 3 is 2.24 bits per heavy atom. The molecule has 3 nitrogen and oxygen atoms in total. The van der Waals surface area contributed by atoms with Gasteiger partial charge in [-0.1, -0.05) is 51.0 Å². The Hall–Kier alpha value is -0.390. The minimum atomic E-state index is -4.45. The van der Waals surface area contributed by atoms with E-state index in [2.05, 4.69) is 19.9 Å². The average Bonchev–Trinajstić information content (AvgIpc) is 2.40. The summed E-state index contributed by atoms with van der Waals surface area (Å²) in [7, 11) is -4.45. The monoisotopic (exact) mass is 314 g/mol. The van der Waals surface area contributed by atoms with E-state index in [-0.39, 0.29) is 34.5 Å². The first-order chi connectivity index (χ1) is 9.49. The zero-order valence-electron chi connectivity index (χ0n) is 12.8. The van der Waals surface area contributed by atoms with Crippen LogP contribution in [-0.2, 0) is 23.0 Å². The van der Waals surface area contributed by atoms with Gasteiger partial charge in [0.1, 0.15) is 10.1 Å². The largest absolute Gasteiger partial charge is 1.00 e. The minimum Gasteiger partial charge on any atom is -0.744 e. The Balaban J connectivity index is 0.00000220. The molecule has 2 rings (SSSR count). The van der Waals surface area contributed by atoms with Gasteiger partial charge in [-0.25, -0.2) is 8.42 Å². The Kier molecular flexibility index (Phi) is 6.88. The van der Waals surface area contributed by atoms with Crippen LogP contribution in [0.5, 0.6) is 0 Å². The molecule has 108 valence electrons. The summed E-state index contributed by atoms with van der Waals surface area (Å²) >= 11 is 0. The van der Waals surface area contributed by atoms with Crippen LogP contribution in [0.15, 0.2) is 35.2 Å². The van der Waals surface area contributed by atoms with Crippen LogP contribution in [0.2, 0.25) is 0 Å². The van der Waals surface area contributed by atoms with Gasteiger partial charge in [0.05, 0.1) is 4.90 Å². The topological polar surface area (TPSA) is 57.2 Å². The van der Waals surface area contributed by atoms with Gasteiger partial charge >= 0.3 is 29.6 Å². The van der Waals surface area contributed by atoms with E-state index in [1.807, 2.05) is 12.1 Å². The predicted octanol–water partition coefficient (Wildman–Crippen LogP) is 0.653. The summed E-state index contributed by atoms with van der Waals surface area (Å²) in [6, 6.07) is 8.87. The third kappa shape index (κ3) is 4.08. The molecule has 0 N–H and O–H groups in total. The van der Waals surface area contributed by atoms with E-state index >= 15 is 0 Å². The summed E-state index contributed by atoms with van der Waals surface area (Å²) in [6.45, 7) is 4.15. The van der Waals surface area contributed by atoms with Gasteiger partial charge in [-0.3, -0.25) is 0 Å². The first-order valence-electron chi connectivity index (χ1n) is 6.98. The number of rotatable bonds is 5. The minimum absolute atomic E-state index is 0. The molecule has 0 atom stereocenters. The van der Waals surface area contributed by atoms with Crippen molar-refractivity contribution in [1.82, 2.24) is 0 Å². The number of fused-ring (bicyclic) bond motifs is 1. The van der Waals surface area contributed by atoms with Crippen LogP contribution in [0.3, 0.4) is 0 Å². The van der Waals surface area contributed by atoms with E-state index in [1.54, 1.807) is 6.07 Å². The molecule has 0 bridgehead atoms. The summed E-state index contributed by atoms with van der Waals surface area (Å²) in [6.07, 6.45) is 3.61. The Labute approximate surface area is 148 Å². The molecule has 2 aromatic carbocycles. The van der Waals surface area contributed by atoms with Crippen LogP contribution in [0, 0.1) is 0 Å². The SMILES string of the molecule is CCCc1ccc2cccc(S(=O)(=O)[O-])c2c1CCC.[Na+]. The van der Waals surface area contributed by atoms with Crippen molar-refractivity contribution in [3.8, 4) is 0 Å². The van der Waals surface area contributed by atoms with Crippen LogP contribution in [-0.4, -0.2) is 13.0 Å². The maximum atomic E-state index is 11.5. The van der Waals surface area contributed by atoms with Crippen LogP contribution in [0.25, 0.3) is 10.8 Å². The third-order valence-electron chi connectivity index (χ3n) is 3.50. The molecular weight excluding hydrogens is 295 g/mol. The van der Waals surface area contributed by atoms with Crippen molar-refractivity contribution in [3.63, 3.8) is 0 Å². The molecule has 2 aromatic rings. The van der Waals surface area contributed by atoms with Gasteiger partial charge in [0.15, 0.2) is 0 Å². The molecule has 0 saturated heterocycles. The van der Waals surface area contributed by atoms with Crippen LogP contribution >= 0.6 is 0 Å². The zero-order valence-corrected chi connectivity index (χ0v) is 15.7. The maximum Gasteiger partial charge on any atom is 1.00 e. The Morgan fingerprint density at radius 2 is 1.67 bits per heavy atom. The molecule has 0 fully saturated rings. The fourth-order valence-electron chi connectivity index (χ4n) is 2.71. The standard InChI is InChI=1S/C16H20O3S.Na/c1-3-6-12-10-11-13-8-5-9-15(20(17,18)19)16(13)14(12)7-4-2;/h5,8-11H,3-4,6-7H2,1-2H3,(H,17,18,19);/q;+1/p-1. The summed E-state index contributed by atoms with van der Waals surface area (Å²) < 4.78 is 34.6. The summed E-state index contributed by atoms with van der Waals surface area (Å²) in [5.41, 5.74) is 2.17. The quantitative estimate of drug-likeness (QED) is 0.601. The molecular formula is C16H19NaO3S. The molecule has 0 spiro atoms. The van der Waals surface area contributed by atoms with Gasteiger partial charge in [-0.05, 0) is 35.4 Å². The summed E-state index contributed by atoms with van der Waals surface area (Å²) in [4.78, 5) is -0.0867. The molecule has 0 amide bonds. The first-order valence-corrected chi connectivity index (χ1v) is 8.39. The summed E-state index contributed by atoms with van der Waals surface area (Å²) in [5, 5.41) is 1.44. The smallest absolute Gasteiger partial charge is 0.744 e. The van der Waals surface area contributed by atoms with E-state index in [9.17, 15) is 13.0 Å². The molecule has 0 aliphatic heterocycles. The van der Waals surface area contributed by atoms with Crippen molar-refractivity contribution in [3.05, 3.63) is 41.5 Å². The van der Waals surface area contributed by atoms with Gasteiger partial charge in [0.25, 0.3) is 0 Å². The number of aryl methyl sites for hydroxylation is 2. The second-order valence-corrected chi connectivity index (χ2v) is 6.36. The maximum absolute atomic E-state index is 11.5. The van der Waals surface area contributed by atoms with Crippen molar-refractivity contribution < 1.29 is 42.5 Å². The molecule has 0 heterocycles. The van der Waals surface area contributed by atoms with E-state index in [1.165, 1.54) is 6.07 Å². The number of hydrogen-bond donors (Lipinski definition) is 0. The molecule has 5 heteroatoms. The normalized spacial score (nSPS) is 11.4. The van der Waals surface area contributed by atoms with Crippen molar-refractivity contribution in [2.24, 2.45) is 0 Å². The average molecular weight is 314 g/mol. The molecule has 0 aliphatic rings. The van der Waals surface area contributed by atoms with Crippen LogP contribution in [0.4, 0.5) is 0 Å². The fourth-order valence-corrected chi connectivity index (χ4v) is 3.45. The molecule has 0 aromatic heterocycles. The Bertz CT molecular complexity index is 724. The van der Waals surface area contributed by atoms with Crippen LogP contribution < -0.4 is 29.6 Å². The van der Waals surface area contributed by atoms with Crippen molar-refractivity contribution >= 4 is 20.9 Å². The van der Waals surface area contributed by atoms with Crippen LogP contribution in [0.1, 0.15) is 37.8 Å². The second kappa shape index (κ2) is 7.75. The van der Waals surface area contributed by atoms with E-state index < -0.39 is 10.1 Å². The van der Waals surface area contributed by atoms with Crippen molar-refractivity contribution in [2.75, 3.05) is 0 Å². The van der Waals surface area contributed by atoms with Gasteiger partial charge in [-0.15, -0.1) is 0 Å². The number of benzene rings is 2.